The fourth-order valence-corrected chi connectivity index (χ4v) is 1.55. The third-order valence-corrected chi connectivity index (χ3v) is 2.49. The Kier molecular flexibility index (Phi) is 30.3. The van der Waals surface area contributed by atoms with Crippen LogP contribution < -0.4 is 0 Å². The molecule has 0 spiro atoms. The molecular formula is C24H42N2. The minimum Gasteiger partial charge on any atom is -0.342 e. The summed E-state index contributed by atoms with van der Waals surface area (Å²) >= 11 is 0. The molecular weight excluding hydrogens is 316 g/mol. The Balaban J connectivity index is -0.000000170. The van der Waals surface area contributed by atoms with E-state index in [2.05, 4.69) is 67.0 Å². The molecule has 0 aliphatic rings. The molecule has 0 saturated heterocycles. The topological polar surface area (TPSA) is 28.7 Å². The number of allylic oxidation sites excluding steroid dienone is 3. The summed E-state index contributed by atoms with van der Waals surface area (Å²) in [7, 11) is 0. The summed E-state index contributed by atoms with van der Waals surface area (Å²) in [6.45, 7) is 25.0. The molecule has 1 N–H and O–H groups in total. The van der Waals surface area contributed by atoms with Crippen LogP contribution in [0.15, 0.2) is 36.9 Å². The zero-order valence-electron chi connectivity index (χ0n) is 19.1. The van der Waals surface area contributed by atoms with Crippen LogP contribution in [0, 0.1) is 19.3 Å². The standard InChI is InChI=1S/C12H14N2.C3H6.C3H4.3C2H6/c1-4-8(2)10-5-6-11-12(7-10)14-9(3)13-11;2*1-3-2;3*1-2/h4-7H,1-3H3,(H,13,14);3H,1H2,2H3;1H,2H3;3*1-2H3/b8-4+;;;;;. The van der Waals surface area contributed by atoms with Crippen molar-refractivity contribution in [1.82, 2.24) is 9.97 Å². The number of H-pyrrole nitrogens is 1. The number of aryl methyl sites for hydroxylation is 1. The molecule has 2 rings (SSSR count). The van der Waals surface area contributed by atoms with Gasteiger partial charge in [0.1, 0.15) is 5.82 Å². The van der Waals surface area contributed by atoms with Crippen LogP contribution in [0.1, 0.15) is 80.6 Å². The van der Waals surface area contributed by atoms with Crippen LogP contribution in [0.25, 0.3) is 16.6 Å². The number of fused-ring (bicyclic) bond motifs is 1. The largest absolute Gasteiger partial charge is 0.342 e. The van der Waals surface area contributed by atoms with Crippen molar-refractivity contribution < 1.29 is 0 Å². The molecule has 0 fully saturated rings. The third kappa shape index (κ3) is 15.3. The van der Waals surface area contributed by atoms with Crippen LogP contribution in [0.5, 0.6) is 0 Å². The second-order valence-electron chi connectivity index (χ2n) is 4.22. The lowest BCUT2D eigenvalue weighted by molar-refractivity contribution is 1.17. The van der Waals surface area contributed by atoms with E-state index in [4.69, 9.17) is 0 Å². The summed E-state index contributed by atoms with van der Waals surface area (Å²) < 4.78 is 0. The van der Waals surface area contributed by atoms with Gasteiger partial charge in [-0.25, -0.2) is 4.98 Å². The fourth-order valence-electron chi connectivity index (χ4n) is 1.55. The summed E-state index contributed by atoms with van der Waals surface area (Å²) in [5.74, 6) is 3.22. The molecule has 26 heavy (non-hydrogen) atoms. The SMILES string of the molecule is C#CC.C/C=C(\C)c1ccc2nc(C)[nH]c2c1.C=CC.CC.CC.CC. The van der Waals surface area contributed by atoms with Crippen molar-refractivity contribution in [2.24, 2.45) is 0 Å². The predicted octanol–water partition coefficient (Wildman–Crippen LogP) is 8.20. The number of nitrogens with one attached hydrogen (secondary N) is 1. The normalized spacial score (nSPS) is 8.15. The molecule has 2 aromatic rings. The van der Waals surface area contributed by atoms with Gasteiger partial charge in [0.25, 0.3) is 0 Å². The minimum absolute atomic E-state index is 0.968. The third-order valence-electron chi connectivity index (χ3n) is 2.49. The Morgan fingerprint density at radius 3 is 1.92 bits per heavy atom. The van der Waals surface area contributed by atoms with Gasteiger partial charge < -0.3 is 4.98 Å². The lowest BCUT2D eigenvalue weighted by atomic mass is 10.1. The Bertz CT molecular complexity index is 611. The average molecular weight is 359 g/mol. The molecule has 148 valence electrons. The number of hydrogen-bond acceptors (Lipinski definition) is 1. The zero-order valence-corrected chi connectivity index (χ0v) is 19.1. The summed E-state index contributed by atoms with van der Waals surface area (Å²) in [6, 6.07) is 6.31. The molecule has 1 aromatic carbocycles. The maximum absolute atomic E-state index is 4.60. The highest BCUT2D eigenvalue weighted by molar-refractivity contribution is 5.80. The summed E-state index contributed by atoms with van der Waals surface area (Å²) in [5.41, 5.74) is 4.69. The minimum atomic E-state index is 0.968. The van der Waals surface area contributed by atoms with Crippen molar-refractivity contribution in [2.75, 3.05) is 0 Å². The van der Waals surface area contributed by atoms with E-state index in [1.165, 1.54) is 11.1 Å². The van der Waals surface area contributed by atoms with Gasteiger partial charge in [0, 0.05) is 0 Å². The predicted molar refractivity (Wildman–Crippen MR) is 125 cm³/mol. The van der Waals surface area contributed by atoms with Gasteiger partial charge in [-0.2, -0.15) is 0 Å². The molecule has 1 aromatic heterocycles. The quantitative estimate of drug-likeness (QED) is 0.404. The first-order valence-electron chi connectivity index (χ1n) is 9.58. The number of imidazole rings is 1. The van der Waals surface area contributed by atoms with Crippen molar-refractivity contribution in [3.05, 3.63) is 48.3 Å². The molecule has 2 nitrogen and oxygen atoms in total. The summed E-state index contributed by atoms with van der Waals surface area (Å²) in [6.07, 6.45) is 8.46. The van der Waals surface area contributed by atoms with Crippen molar-refractivity contribution in [3.8, 4) is 12.3 Å². The lowest BCUT2D eigenvalue weighted by Crippen LogP contribution is -1.79. The van der Waals surface area contributed by atoms with Crippen LogP contribution in [-0.4, -0.2) is 9.97 Å². The summed E-state index contributed by atoms with van der Waals surface area (Å²) in [5, 5.41) is 0. The van der Waals surface area contributed by atoms with Gasteiger partial charge in [0.05, 0.1) is 11.0 Å². The van der Waals surface area contributed by atoms with E-state index in [1.54, 1.807) is 13.0 Å². The van der Waals surface area contributed by atoms with E-state index >= 15 is 0 Å². The maximum atomic E-state index is 4.60. The number of terminal acetylenes is 1. The van der Waals surface area contributed by atoms with Gasteiger partial charge in [-0.05, 0) is 57.9 Å². The molecule has 0 bridgehead atoms. The van der Waals surface area contributed by atoms with Crippen molar-refractivity contribution in [3.63, 3.8) is 0 Å². The van der Waals surface area contributed by atoms with E-state index in [-0.39, 0.29) is 0 Å². The molecule has 0 radical (unpaired) electrons. The monoisotopic (exact) mass is 358 g/mol. The summed E-state index contributed by atoms with van der Waals surface area (Å²) in [4.78, 5) is 7.60. The molecule has 0 unspecified atom stereocenters. The average Bonchev–Trinajstić information content (AvgIpc) is 3.06. The first-order chi connectivity index (χ1) is 12.5. The number of aromatic nitrogens is 2. The molecule has 2 heteroatoms. The fraction of sp³-hybridized carbons (Fsp3) is 0.458. The van der Waals surface area contributed by atoms with Gasteiger partial charge in [-0.15, -0.1) is 18.9 Å². The highest BCUT2D eigenvalue weighted by Gasteiger charge is 2.01. The number of nitrogens with zero attached hydrogens (tertiary/aromatic N) is 1. The number of aromatic amines is 1. The first-order valence-corrected chi connectivity index (χ1v) is 9.58. The first kappa shape index (κ1) is 31.5. The molecule has 1 heterocycles. The van der Waals surface area contributed by atoms with Gasteiger partial charge >= 0.3 is 0 Å². The molecule has 0 aliphatic heterocycles. The highest BCUT2D eigenvalue weighted by Crippen LogP contribution is 2.19. The van der Waals surface area contributed by atoms with Crippen LogP contribution in [0.3, 0.4) is 0 Å². The van der Waals surface area contributed by atoms with E-state index in [9.17, 15) is 0 Å². The smallest absolute Gasteiger partial charge is 0.104 e. The van der Waals surface area contributed by atoms with Gasteiger partial charge in [0.2, 0.25) is 0 Å². The molecule has 0 saturated carbocycles. The lowest BCUT2D eigenvalue weighted by Gasteiger charge is -1.99. The van der Waals surface area contributed by atoms with Crippen molar-refractivity contribution in [2.45, 2.75) is 76.2 Å². The Labute approximate surface area is 163 Å². The molecule has 0 atom stereocenters. The van der Waals surface area contributed by atoms with Gasteiger partial charge in [0.15, 0.2) is 0 Å². The van der Waals surface area contributed by atoms with E-state index < -0.39 is 0 Å². The number of hydrogen-bond donors (Lipinski definition) is 1. The van der Waals surface area contributed by atoms with E-state index in [1.807, 2.05) is 55.4 Å². The second kappa shape index (κ2) is 25.0. The number of benzene rings is 1. The molecule has 0 amide bonds. The Morgan fingerprint density at radius 1 is 1.12 bits per heavy atom. The van der Waals surface area contributed by atoms with Gasteiger partial charge in [-0.1, -0.05) is 59.8 Å². The Hall–Kier alpha value is -2.27. The van der Waals surface area contributed by atoms with E-state index in [0.29, 0.717) is 0 Å². The Morgan fingerprint density at radius 2 is 1.54 bits per heavy atom. The van der Waals surface area contributed by atoms with E-state index in [0.717, 1.165) is 16.9 Å². The van der Waals surface area contributed by atoms with Crippen LogP contribution in [0.4, 0.5) is 0 Å². The molecule has 0 aliphatic carbocycles. The maximum Gasteiger partial charge on any atom is 0.104 e. The highest BCUT2D eigenvalue weighted by atomic mass is 14.9. The van der Waals surface area contributed by atoms with Gasteiger partial charge in [-0.3, -0.25) is 0 Å². The zero-order chi connectivity index (χ0) is 21.5. The van der Waals surface area contributed by atoms with Crippen molar-refractivity contribution >= 4 is 16.6 Å². The number of rotatable bonds is 1. The second-order valence-corrected chi connectivity index (χ2v) is 4.22. The van der Waals surface area contributed by atoms with Crippen LogP contribution >= 0.6 is 0 Å². The van der Waals surface area contributed by atoms with Crippen LogP contribution in [-0.2, 0) is 0 Å². The van der Waals surface area contributed by atoms with Crippen LogP contribution in [0.2, 0.25) is 0 Å². The van der Waals surface area contributed by atoms with Crippen molar-refractivity contribution in [1.29, 1.82) is 0 Å².